The van der Waals surface area contributed by atoms with Gasteiger partial charge in [-0.3, -0.25) is 4.90 Å². The molecule has 1 aliphatic heterocycles. The number of rotatable bonds is 4. The molecule has 25 heavy (non-hydrogen) atoms. The van der Waals surface area contributed by atoms with Crippen molar-refractivity contribution in [3.63, 3.8) is 0 Å². The number of aliphatic hydroxyl groups excluding tert-OH is 1. The fraction of sp³-hybridized carbons (Fsp3) is 0.381. The molecule has 1 aliphatic rings. The number of piperidine rings is 1. The highest BCUT2D eigenvalue weighted by molar-refractivity contribution is 5.86. The Morgan fingerprint density at radius 1 is 1.20 bits per heavy atom. The van der Waals surface area contributed by atoms with Crippen molar-refractivity contribution < 1.29 is 9.52 Å². The molecule has 0 unspecified atom stereocenters. The van der Waals surface area contributed by atoms with Crippen LogP contribution in [0, 0.1) is 12.8 Å². The summed E-state index contributed by atoms with van der Waals surface area (Å²) in [5.41, 5.74) is 2.02. The third-order valence-corrected chi connectivity index (χ3v) is 5.12. The van der Waals surface area contributed by atoms with Gasteiger partial charge in [0.15, 0.2) is 0 Å². The van der Waals surface area contributed by atoms with E-state index in [4.69, 9.17) is 9.40 Å². The number of hydrogen-bond acceptors (Lipinski definition) is 4. The Kier molecular flexibility index (Phi) is 4.55. The Morgan fingerprint density at radius 3 is 2.88 bits per heavy atom. The number of aliphatic hydroxyl groups is 1. The van der Waals surface area contributed by atoms with Crippen LogP contribution in [-0.4, -0.2) is 34.7 Å². The standard InChI is InChI=1S/C21H24N2O2/c1-15-20(13-23-10-4-5-16(12-23)14-24)22-21(25-15)19-9-8-17-6-2-3-7-18(17)11-19/h2-3,6-9,11,16,24H,4-5,10,12-14H2,1H3/t16-/m0/s1. The van der Waals surface area contributed by atoms with E-state index in [1.807, 2.05) is 19.1 Å². The summed E-state index contributed by atoms with van der Waals surface area (Å²) in [5, 5.41) is 11.8. The summed E-state index contributed by atoms with van der Waals surface area (Å²) < 4.78 is 5.96. The smallest absolute Gasteiger partial charge is 0.226 e. The molecular formula is C21H24N2O2. The van der Waals surface area contributed by atoms with Crippen LogP contribution in [0.2, 0.25) is 0 Å². The third-order valence-electron chi connectivity index (χ3n) is 5.12. The van der Waals surface area contributed by atoms with Crippen LogP contribution in [0.1, 0.15) is 24.3 Å². The SMILES string of the molecule is Cc1oc(-c2ccc3ccccc3c2)nc1CN1CCC[C@H](CO)C1. The highest BCUT2D eigenvalue weighted by atomic mass is 16.4. The maximum atomic E-state index is 9.41. The number of fused-ring (bicyclic) bond motifs is 1. The van der Waals surface area contributed by atoms with Crippen molar-refractivity contribution in [2.75, 3.05) is 19.7 Å². The molecule has 4 heteroatoms. The summed E-state index contributed by atoms with van der Waals surface area (Å²) in [6.07, 6.45) is 2.26. The maximum Gasteiger partial charge on any atom is 0.226 e. The fourth-order valence-corrected chi connectivity index (χ4v) is 3.68. The predicted octanol–water partition coefficient (Wildman–Crippen LogP) is 4.01. The van der Waals surface area contributed by atoms with Gasteiger partial charge in [-0.15, -0.1) is 0 Å². The maximum absolute atomic E-state index is 9.41. The molecule has 1 atom stereocenters. The number of likely N-dealkylation sites (tertiary alicyclic amines) is 1. The first kappa shape index (κ1) is 16.3. The Bertz CT molecular complexity index is 871. The van der Waals surface area contributed by atoms with Crippen LogP contribution >= 0.6 is 0 Å². The molecule has 2 aromatic carbocycles. The summed E-state index contributed by atoms with van der Waals surface area (Å²) in [5.74, 6) is 1.96. The second-order valence-electron chi connectivity index (χ2n) is 7.01. The van der Waals surface area contributed by atoms with Gasteiger partial charge in [0.05, 0.1) is 5.69 Å². The monoisotopic (exact) mass is 336 g/mol. The van der Waals surface area contributed by atoms with Crippen LogP contribution in [-0.2, 0) is 6.54 Å². The van der Waals surface area contributed by atoms with Crippen LogP contribution in [0.5, 0.6) is 0 Å². The molecule has 4 rings (SSSR count). The van der Waals surface area contributed by atoms with E-state index in [0.717, 1.165) is 49.5 Å². The lowest BCUT2D eigenvalue weighted by molar-refractivity contribution is 0.115. The normalized spacial score (nSPS) is 18.7. The van der Waals surface area contributed by atoms with Crippen molar-refractivity contribution >= 4 is 10.8 Å². The molecule has 3 aromatic rings. The molecule has 2 heterocycles. The molecule has 1 saturated heterocycles. The Balaban J connectivity index is 1.56. The van der Waals surface area contributed by atoms with Crippen molar-refractivity contribution in [3.05, 3.63) is 53.9 Å². The lowest BCUT2D eigenvalue weighted by Gasteiger charge is -2.31. The van der Waals surface area contributed by atoms with Crippen LogP contribution in [0.3, 0.4) is 0 Å². The topological polar surface area (TPSA) is 49.5 Å². The summed E-state index contributed by atoms with van der Waals surface area (Å²) in [4.78, 5) is 7.14. The summed E-state index contributed by atoms with van der Waals surface area (Å²) in [6, 6.07) is 14.6. The summed E-state index contributed by atoms with van der Waals surface area (Å²) >= 11 is 0. The zero-order chi connectivity index (χ0) is 17.2. The van der Waals surface area contributed by atoms with Gasteiger partial charge in [0.1, 0.15) is 5.76 Å². The second kappa shape index (κ2) is 6.98. The minimum absolute atomic E-state index is 0.274. The van der Waals surface area contributed by atoms with Gasteiger partial charge in [0, 0.05) is 25.3 Å². The van der Waals surface area contributed by atoms with E-state index < -0.39 is 0 Å². The third kappa shape index (κ3) is 3.46. The number of hydrogen-bond donors (Lipinski definition) is 1. The summed E-state index contributed by atoms with van der Waals surface area (Å²) in [6.45, 7) is 5.05. The minimum Gasteiger partial charge on any atom is -0.441 e. The highest BCUT2D eigenvalue weighted by Gasteiger charge is 2.21. The van der Waals surface area contributed by atoms with E-state index in [2.05, 4.69) is 35.2 Å². The van der Waals surface area contributed by atoms with Gasteiger partial charge in [-0.1, -0.05) is 30.3 Å². The molecule has 0 radical (unpaired) electrons. The predicted molar refractivity (Wildman–Crippen MR) is 99.3 cm³/mol. The molecule has 1 aromatic heterocycles. The van der Waals surface area contributed by atoms with Gasteiger partial charge in [-0.05, 0) is 55.1 Å². The fourth-order valence-electron chi connectivity index (χ4n) is 3.68. The van der Waals surface area contributed by atoms with Crippen molar-refractivity contribution in [1.82, 2.24) is 9.88 Å². The minimum atomic E-state index is 0.274. The van der Waals surface area contributed by atoms with Gasteiger partial charge >= 0.3 is 0 Å². The van der Waals surface area contributed by atoms with Crippen LogP contribution in [0.15, 0.2) is 46.9 Å². The molecule has 1 fully saturated rings. The van der Waals surface area contributed by atoms with E-state index in [-0.39, 0.29) is 6.61 Å². The van der Waals surface area contributed by atoms with Gasteiger partial charge in [-0.2, -0.15) is 0 Å². The van der Waals surface area contributed by atoms with Crippen LogP contribution in [0.25, 0.3) is 22.2 Å². The molecule has 1 N–H and O–H groups in total. The number of aromatic nitrogens is 1. The molecule has 0 saturated carbocycles. The number of aryl methyl sites for hydroxylation is 1. The average Bonchev–Trinajstić information content (AvgIpc) is 3.02. The molecule has 0 bridgehead atoms. The van der Waals surface area contributed by atoms with Gasteiger partial charge in [-0.25, -0.2) is 4.98 Å². The van der Waals surface area contributed by atoms with Gasteiger partial charge < -0.3 is 9.52 Å². The van der Waals surface area contributed by atoms with Gasteiger partial charge in [0.25, 0.3) is 0 Å². The van der Waals surface area contributed by atoms with E-state index in [0.29, 0.717) is 11.8 Å². The Hall–Kier alpha value is -2.17. The molecule has 0 amide bonds. The van der Waals surface area contributed by atoms with Crippen LogP contribution < -0.4 is 0 Å². The molecule has 4 nitrogen and oxygen atoms in total. The van der Waals surface area contributed by atoms with Crippen molar-refractivity contribution in [2.45, 2.75) is 26.3 Å². The Labute approximate surface area is 148 Å². The van der Waals surface area contributed by atoms with E-state index in [1.54, 1.807) is 0 Å². The number of oxazole rings is 1. The largest absolute Gasteiger partial charge is 0.441 e. The lowest BCUT2D eigenvalue weighted by atomic mass is 9.99. The molecular weight excluding hydrogens is 312 g/mol. The first-order chi connectivity index (χ1) is 12.2. The van der Waals surface area contributed by atoms with E-state index in [1.165, 1.54) is 10.8 Å². The lowest BCUT2D eigenvalue weighted by Crippen LogP contribution is -2.36. The highest BCUT2D eigenvalue weighted by Crippen LogP contribution is 2.27. The average molecular weight is 336 g/mol. The summed E-state index contributed by atoms with van der Waals surface area (Å²) in [7, 11) is 0. The molecule has 130 valence electrons. The van der Waals surface area contributed by atoms with E-state index >= 15 is 0 Å². The Morgan fingerprint density at radius 2 is 2.04 bits per heavy atom. The van der Waals surface area contributed by atoms with Gasteiger partial charge in [0.2, 0.25) is 5.89 Å². The van der Waals surface area contributed by atoms with E-state index in [9.17, 15) is 5.11 Å². The zero-order valence-electron chi connectivity index (χ0n) is 14.6. The van der Waals surface area contributed by atoms with Crippen molar-refractivity contribution in [2.24, 2.45) is 5.92 Å². The zero-order valence-corrected chi connectivity index (χ0v) is 14.6. The number of nitrogens with zero attached hydrogens (tertiary/aromatic N) is 2. The second-order valence-corrected chi connectivity index (χ2v) is 7.01. The first-order valence-corrected chi connectivity index (χ1v) is 9.01. The van der Waals surface area contributed by atoms with Crippen LogP contribution in [0.4, 0.5) is 0 Å². The first-order valence-electron chi connectivity index (χ1n) is 9.01. The quantitative estimate of drug-likeness (QED) is 0.782. The molecule has 0 spiro atoms. The molecule has 0 aliphatic carbocycles. The van der Waals surface area contributed by atoms with Crippen molar-refractivity contribution in [1.29, 1.82) is 0 Å². The van der Waals surface area contributed by atoms with Crippen molar-refractivity contribution in [3.8, 4) is 11.5 Å². The number of benzene rings is 2.